The van der Waals surface area contributed by atoms with Crippen LogP contribution in [0.1, 0.15) is 42.7 Å². The maximum Gasteiger partial charge on any atom is 0.224 e. The highest BCUT2D eigenvalue weighted by atomic mass is 16.5. The van der Waals surface area contributed by atoms with Crippen molar-refractivity contribution in [2.75, 3.05) is 13.2 Å². The third kappa shape index (κ3) is 3.60. The van der Waals surface area contributed by atoms with E-state index in [1.54, 1.807) is 0 Å². The lowest BCUT2D eigenvalue weighted by molar-refractivity contribution is -0.120. The normalized spacial score (nSPS) is 22.8. The van der Waals surface area contributed by atoms with E-state index >= 15 is 0 Å². The maximum absolute atomic E-state index is 12.0. The van der Waals surface area contributed by atoms with Crippen LogP contribution >= 0.6 is 0 Å². The molecule has 2 rings (SSSR count). The molecule has 0 radical (unpaired) electrons. The molecule has 1 aromatic heterocycles. The molecule has 0 saturated heterocycles. The Morgan fingerprint density at radius 1 is 1.35 bits per heavy atom. The largest absolute Gasteiger partial charge is 0.396 e. The van der Waals surface area contributed by atoms with Crippen LogP contribution in [0.2, 0.25) is 0 Å². The number of amides is 1. The molecule has 1 fully saturated rings. The van der Waals surface area contributed by atoms with Crippen LogP contribution in [-0.2, 0) is 11.2 Å². The molecule has 0 spiro atoms. The van der Waals surface area contributed by atoms with E-state index in [9.17, 15) is 9.90 Å². The molecule has 1 aliphatic rings. The minimum atomic E-state index is 0.00154. The third-order valence-corrected chi connectivity index (χ3v) is 4.38. The number of hydrogen-bond donors (Lipinski definition) is 2. The van der Waals surface area contributed by atoms with Crippen molar-refractivity contribution in [3.8, 4) is 0 Å². The van der Waals surface area contributed by atoms with Gasteiger partial charge in [0.05, 0.1) is 12.1 Å². The van der Waals surface area contributed by atoms with E-state index in [4.69, 9.17) is 4.52 Å². The third-order valence-electron chi connectivity index (χ3n) is 4.38. The molecule has 1 saturated carbocycles. The van der Waals surface area contributed by atoms with Gasteiger partial charge in [0.2, 0.25) is 5.91 Å². The fraction of sp³-hybridized carbons (Fsp3) is 0.733. The van der Waals surface area contributed by atoms with Crippen LogP contribution in [0.15, 0.2) is 4.52 Å². The zero-order valence-corrected chi connectivity index (χ0v) is 12.3. The lowest BCUT2D eigenvalue weighted by atomic mass is 9.79. The first-order chi connectivity index (χ1) is 9.61. The van der Waals surface area contributed by atoms with Gasteiger partial charge in [-0.15, -0.1) is 0 Å². The molecule has 2 atom stereocenters. The van der Waals surface area contributed by atoms with Gasteiger partial charge in [0, 0.05) is 18.7 Å². The van der Waals surface area contributed by atoms with Crippen molar-refractivity contribution in [3.05, 3.63) is 17.0 Å². The SMILES string of the molecule is Cc1noc(C)c1CC(=O)NCC1CCCCC1CO. The van der Waals surface area contributed by atoms with E-state index in [1.165, 1.54) is 12.8 Å². The van der Waals surface area contributed by atoms with Crippen molar-refractivity contribution in [1.29, 1.82) is 0 Å². The first-order valence-electron chi connectivity index (χ1n) is 7.41. The Morgan fingerprint density at radius 2 is 2.05 bits per heavy atom. The molecule has 2 unspecified atom stereocenters. The highest BCUT2D eigenvalue weighted by molar-refractivity contribution is 5.78. The lowest BCUT2D eigenvalue weighted by Gasteiger charge is -2.30. The standard InChI is InChI=1S/C15H24N2O3/c1-10-14(11(2)20-17-10)7-15(19)16-8-12-5-3-4-6-13(12)9-18/h12-13,18H,3-9H2,1-2H3,(H,16,19). The van der Waals surface area contributed by atoms with E-state index in [2.05, 4.69) is 10.5 Å². The Balaban J connectivity index is 1.83. The molecule has 112 valence electrons. The van der Waals surface area contributed by atoms with Gasteiger partial charge in [-0.05, 0) is 38.5 Å². The number of aliphatic hydroxyl groups is 1. The van der Waals surface area contributed by atoms with E-state index in [0.717, 1.165) is 24.1 Å². The van der Waals surface area contributed by atoms with Crippen LogP contribution in [0.5, 0.6) is 0 Å². The minimum Gasteiger partial charge on any atom is -0.396 e. The Hall–Kier alpha value is -1.36. The summed E-state index contributed by atoms with van der Waals surface area (Å²) in [6, 6.07) is 0. The smallest absolute Gasteiger partial charge is 0.224 e. The van der Waals surface area contributed by atoms with Gasteiger partial charge in [-0.3, -0.25) is 4.79 Å². The fourth-order valence-corrected chi connectivity index (χ4v) is 3.02. The van der Waals surface area contributed by atoms with Crippen molar-refractivity contribution in [3.63, 3.8) is 0 Å². The first kappa shape index (κ1) is 15.0. The molecule has 1 aromatic rings. The number of nitrogens with one attached hydrogen (secondary N) is 1. The highest BCUT2D eigenvalue weighted by Gasteiger charge is 2.25. The zero-order valence-electron chi connectivity index (χ0n) is 12.3. The Labute approximate surface area is 119 Å². The van der Waals surface area contributed by atoms with Crippen molar-refractivity contribution < 1.29 is 14.4 Å². The number of aromatic nitrogens is 1. The zero-order chi connectivity index (χ0) is 14.5. The molecule has 5 heteroatoms. The van der Waals surface area contributed by atoms with Crippen LogP contribution < -0.4 is 5.32 Å². The Bertz CT molecular complexity index is 436. The maximum atomic E-state index is 12.0. The quantitative estimate of drug-likeness (QED) is 0.861. The van der Waals surface area contributed by atoms with E-state index < -0.39 is 0 Å². The molecule has 1 aliphatic carbocycles. The summed E-state index contributed by atoms with van der Waals surface area (Å²) < 4.78 is 5.06. The van der Waals surface area contributed by atoms with Crippen molar-refractivity contribution in [2.24, 2.45) is 11.8 Å². The summed E-state index contributed by atoms with van der Waals surface area (Å²) in [4.78, 5) is 12.0. The van der Waals surface area contributed by atoms with Gasteiger partial charge >= 0.3 is 0 Å². The van der Waals surface area contributed by atoms with E-state index in [0.29, 0.717) is 30.6 Å². The van der Waals surface area contributed by atoms with Gasteiger partial charge < -0.3 is 14.9 Å². The lowest BCUT2D eigenvalue weighted by Crippen LogP contribution is -2.36. The minimum absolute atomic E-state index is 0.00154. The second-order valence-corrected chi connectivity index (χ2v) is 5.77. The number of aryl methyl sites for hydroxylation is 2. The number of rotatable bonds is 5. The molecule has 1 heterocycles. The Kier molecular flexibility index (Phi) is 5.17. The van der Waals surface area contributed by atoms with Gasteiger partial charge in [0.1, 0.15) is 5.76 Å². The van der Waals surface area contributed by atoms with Crippen molar-refractivity contribution in [2.45, 2.75) is 46.0 Å². The molecule has 0 aromatic carbocycles. The second kappa shape index (κ2) is 6.88. The average Bonchev–Trinajstić information content (AvgIpc) is 2.77. The summed E-state index contributed by atoms with van der Waals surface area (Å²) in [5.74, 6) is 1.45. The second-order valence-electron chi connectivity index (χ2n) is 5.77. The summed E-state index contributed by atoms with van der Waals surface area (Å²) >= 11 is 0. The summed E-state index contributed by atoms with van der Waals surface area (Å²) in [5, 5.41) is 16.2. The number of carbonyl (C=O) groups excluding carboxylic acids is 1. The van der Waals surface area contributed by atoms with Gasteiger partial charge in [-0.2, -0.15) is 0 Å². The predicted octanol–water partition coefficient (Wildman–Crippen LogP) is 1.75. The van der Waals surface area contributed by atoms with Crippen LogP contribution in [0, 0.1) is 25.7 Å². The monoisotopic (exact) mass is 280 g/mol. The number of nitrogens with zero attached hydrogens (tertiary/aromatic N) is 1. The molecule has 5 nitrogen and oxygen atoms in total. The number of aliphatic hydroxyl groups excluding tert-OH is 1. The van der Waals surface area contributed by atoms with Crippen LogP contribution in [0.3, 0.4) is 0 Å². The van der Waals surface area contributed by atoms with Crippen LogP contribution in [0.25, 0.3) is 0 Å². The molecule has 20 heavy (non-hydrogen) atoms. The molecule has 0 aliphatic heterocycles. The molecular formula is C15H24N2O3. The first-order valence-corrected chi connectivity index (χ1v) is 7.41. The van der Waals surface area contributed by atoms with E-state index in [1.807, 2.05) is 13.8 Å². The van der Waals surface area contributed by atoms with Gasteiger partial charge in [-0.1, -0.05) is 18.0 Å². The Morgan fingerprint density at radius 3 is 2.65 bits per heavy atom. The fourth-order valence-electron chi connectivity index (χ4n) is 3.02. The van der Waals surface area contributed by atoms with Crippen LogP contribution in [0.4, 0.5) is 0 Å². The summed E-state index contributed by atoms with van der Waals surface area (Å²) in [5.41, 5.74) is 1.66. The van der Waals surface area contributed by atoms with E-state index in [-0.39, 0.29) is 12.5 Å². The number of carbonyl (C=O) groups is 1. The highest BCUT2D eigenvalue weighted by Crippen LogP contribution is 2.29. The molecule has 0 bridgehead atoms. The summed E-state index contributed by atoms with van der Waals surface area (Å²) in [6.45, 7) is 4.56. The average molecular weight is 280 g/mol. The topological polar surface area (TPSA) is 75.4 Å². The van der Waals surface area contributed by atoms with Gasteiger partial charge in [-0.25, -0.2) is 0 Å². The van der Waals surface area contributed by atoms with Gasteiger partial charge in [0.25, 0.3) is 0 Å². The van der Waals surface area contributed by atoms with Crippen molar-refractivity contribution >= 4 is 5.91 Å². The molecule has 1 amide bonds. The summed E-state index contributed by atoms with van der Waals surface area (Å²) in [7, 11) is 0. The summed E-state index contributed by atoms with van der Waals surface area (Å²) in [6.07, 6.45) is 4.87. The molecule has 2 N–H and O–H groups in total. The van der Waals surface area contributed by atoms with Gasteiger partial charge in [0.15, 0.2) is 0 Å². The van der Waals surface area contributed by atoms with Crippen LogP contribution in [-0.4, -0.2) is 29.3 Å². The number of hydrogen-bond acceptors (Lipinski definition) is 4. The van der Waals surface area contributed by atoms with Crippen molar-refractivity contribution in [1.82, 2.24) is 10.5 Å². The molecular weight excluding hydrogens is 256 g/mol. The predicted molar refractivity (Wildman–Crippen MR) is 75.2 cm³/mol.